The molecule has 9 heteroatoms. The number of H-pyrrole nitrogens is 1. The van der Waals surface area contributed by atoms with Gasteiger partial charge in [-0.15, -0.1) is 0 Å². The summed E-state index contributed by atoms with van der Waals surface area (Å²) in [6.45, 7) is 0.386. The number of nitriles is 1. The minimum absolute atomic E-state index is 0.0568. The topological polar surface area (TPSA) is 114 Å². The van der Waals surface area contributed by atoms with Crippen molar-refractivity contribution in [2.24, 2.45) is 0 Å². The molecule has 0 aliphatic carbocycles. The molecule has 3 aromatic carbocycles. The number of aromatic amines is 1. The van der Waals surface area contributed by atoms with Crippen LogP contribution < -0.4 is 15.0 Å². The van der Waals surface area contributed by atoms with E-state index in [1.54, 1.807) is 43.5 Å². The Hall–Kier alpha value is -4.55. The number of benzene rings is 3. The molecule has 37 heavy (non-hydrogen) atoms. The van der Waals surface area contributed by atoms with E-state index in [4.69, 9.17) is 14.2 Å². The lowest BCUT2D eigenvalue weighted by Crippen LogP contribution is -2.14. The number of carbonyl (C=O) groups excluding carboxylic acids is 1. The van der Waals surface area contributed by atoms with Crippen molar-refractivity contribution in [1.29, 1.82) is 5.26 Å². The zero-order valence-electron chi connectivity index (χ0n) is 20.2. The van der Waals surface area contributed by atoms with Gasteiger partial charge in [0.25, 0.3) is 5.56 Å². The Labute approximate surface area is 217 Å². The Bertz CT molecular complexity index is 1480. The van der Waals surface area contributed by atoms with Crippen LogP contribution >= 0.6 is 11.8 Å². The zero-order valence-corrected chi connectivity index (χ0v) is 21.0. The molecule has 4 aromatic rings. The predicted octanol–water partition coefficient (Wildman–Crippen LogP) is 4.98. The number of esters is 1. The maximum atomic E-state index is 12.6. The first-order chi connectivity index (χ1) is 18.0. The summed E-state index contributed by atoms with van der Waals surface area (Å²) >= 11 is 1.32. The number of methoxy groups -OCH3 is 2. The molecule has 4 rings (SSSR count). The zero-order chi connectivity index (χ0) is 26.2. The molecule has 0 bridgehead atoms. The first-order valence-corrected chi connectivity index (χ1v) is 12.2. The third-order valence-corrected chi connectivity index (χ3v) is 6.40. The first kappa shape index (κ1) is 25.5. The molecule has 0 amide bonds. The van der Waals surface area contributed by atoms with Gasteiger partial charge in [-0.2, -0.15) is 5.26 Å². The second kappa shape index (κ2) is 11.9. The van der Waals surface area contributed by atoms with Crippen LogP contribution in [0.4, 0.5) is 0 Å². The molecular weight excluding hydrogens is 490 g/mol. The fraction of sp³-hybridized carbons (Fsp3) is 0.143. The van der Waals surface area contributed by atoms with Crippen LogP contribution in [-0.4, -0.2) is 30.2 Å². The molecule has 1 aromatic heterocycles. The standard InChI is InChI=1S/C28H23N3O5S/c1-34-22-11-5-18(6-12-22)16-36-23-13-9-20(10-14-23)25-24(15-29)26(32)31-28(30-25)37-17-19-3-7-21(8-4-19)27(33)35-2/h3-14H,16-17H2,1-2H3,(H,30,31,32). The second-order valence-corrected chi connectivity index (χ2v) is 8.81. The normalized spacial score (nSPS) is 10.4. The van der Waals surface area contributed by atoms with E-state index in [0.717, 1.165) is 16.9 Å². The van der Waals surface area contributed by atoms with Crippen LogP contribution in [0, 0.1) is 11.3 Å². The average Bonchev–Trinajstić information content (AvgIpc) is 2.95. The molecule has 0 aliphatic heterocycles. The van der Waals surface area contributed by atoms with Crippen LogP contribution in [0.5, 0.6) is 11.5 Å². The summed E-state index contributed by atoms with van der Waals surface area (Å²) in [7, 11) is 2.95. The fourth-order valence-corrected chi connectivity index (χ4v) is 4.25. The van der Waals surface area contributed by atoms with Crippen molar-refractivity contribution >= 4 is 17.7 Å². The molecule has 0 aliphatic rings. The van der Waals surface area contributed by atoms with Gasteiger partial charge in [-0.3, -0.25) is 4.79 Å². The van der Waals surface area contributed by atoms with E-state index in [1.807, 2.05) is 42.5 Å². The molecule has 0 saturated carbocycles. The Balaban J connectivity index is 1.47. The minimum atomic E-state index is -0.504. The van der Waals surface area contributed by atoms with Crippen molar-refractivity contribution in [2.75, 3.05) is 14.2 Å². The van der Waals surface area contributed by atoms with Gasteiger partial charge < -0.3 is 19.2 Å². The summed E-state index contributed by atoms with van der Waals surface area (Å²) in [6.07, 6.45) is 0. The maximum Gasteiger partial charge on any atom is 0.337 e. The Morgan fingerprint density at radius 1 is 0.946 bits per heavy atom. The Morgan fingerprint density at radius 3 is 2.22 bits per heavy atom. The maximum absolute atomic E-state index is 12.6. The van der Waals surface area contributed by atoms with Gasteiger partial charge in [0.15, 0.2) is 5.16 Å². The largest absolute Gasteiger partial charge is 0.497 e. The molecular formula is C28H23N3O5S. The van der Waals surface area contributed by atoms with E-state index in [1.165, 1.54) is 18.9 Å². The van der Waals surface area contributed by atoms with Crippen molar-refractivity contribution in [2.45, 2.75) is 17.5 Å². The van der Waals surface area contributed by atoms with Crippen LogP contribution in [0.1, 0.15) is 27.0 Å². The highest BCUT2D eigenvalue weighted by Gasteiger charge is 2.14. The number of hydrogen-bond acceptors (Lipinski definition) is 8. The van der Waals surface area contributed by atoms with Crippen LogP contribution in [0.15, 0.2) is 82.7 Å². The third kappa shape index (κ3) is 6.37. The first-order valence-electron chi connectivity index (χ1n) is 11.2. The number of aromatic nitrogens is 2. The third-order valence-electron chi connectivity index (χ3n) is 5.45. The number of carbonyl (C=O) groups is 1. The van der Waals surface area contributed by atoms with E-state index in [0.29, 0.717) is 40.1 Å². The van der Waals surface area contributed by atoms with Gasteiger partial charge in [0, 0.05) is 11.3 Å². The van der Waals surface area contributed by atoms with E-state index in [2.05, 4.69) is 9.97 Å². The molecule has 1 heterocycles. The lowest BCUT2D eigenvalue weighted by Gasteiger charge is -2.09. The van der Waals surface area contributed by atoms with Crippen molar-refractivity contribution in [1.82, 2.24) is 9.97 Å². The molecule has 0 radical (unpaired) electrons. The smallest absolute Gasteiger partial charge is 0.337 e. The van der Waals surface area contributed by atoms with E-state index < -0.39 is 11.5 Å². The summed E-state index contributed by atoms with van der Waals surface area (Å²) in [5.41, 5.74) is 2.76. The van der Waals surface area contributed by atoms with Gasteiger partial charge in [0.05, 0.1) is 25.5 Å². The van der Waals surface area contributed by atoms with Crippen molar-refractivity contribution in [3.8, 4) is 28.8 Å². The molecule has 0 unspecified atom stereocenters. The molecule has 0 spiro atoms. The van der Waals surface area contributed by atoms with Crippen LogP contribution in [0.25, 0.3) is 11.3 Å². The number of thioether (sulfide) groups is 1. The summed E-state index contributed by atoms with van der Waals surface area (Å²) < 4.78 is 15.7. The lowest BCUT2D eigenvalue weighted by atomic mass is 10.1. The summed E-state index contributed by atoms with van der Waals surface area (Å²) in [5, 5.41) is 9.95. The molecule has 0 atom stereocenters. The van der Waals surface area contributed by atoms with Crippen LogP contribution in [-0.2, 0) is 17.1 Å². The van der Waals surface area contributed by atoms with Crippen molar-refractivity contribution in [3.05, 3.63) is 105 Å². The van der Waals surface area contributed by atoms with Gasteiger partial charge in [-0.1, -0.05) is 36.0 Å². The van der Waals surface area contributed by atoms with Gasteiger partial charge in [-0.25, -0.2) is 9.78 Å². The fourth-order valence-electron chi connectivity index (χ4n) is 3.44. The highest BCUT2D eigenvalue weighted by atomic mass is 32.2. The number of hydrogen-bond donors (Lipinski definition) is 1. The average molecular weight is 514 g/mol. The number of ether oxygens (including phenoxy) is 3. The number of nitrogens with zero attached hydrogens (tertiary/aromatic N) is 2. The molecule has 0 saturated heterocycles. The van der Waals surface area contributed by atoms with Crippen molar-refractivity contribution < 1.29 is 19.0 Å². The van der Waals surface area contributed by atoms with Crippen LogP contribution in [0.3, 0.4) is 0 Å². The lowest BCUT2D eigenvalue weighted by molar-refractivity contribution is 0.0600. The van der Waals surface area contributed by atoms with Gasteiger partial charge in [0.1, 0.15) is 29.7 Å². The van der Waals surface area contributed by atoms with Gasteiger partial charge in [-0.05, 0) is 59.7 Å². The van der Waals surface area contributed by atoms with Crippen molar-refractivity contribution in [3.63, 3.8) is 0 Å². The Morgan fingerprint density at radius 2 is 1.59 bits per heavy atom. The highest BCUT2D eigenvalue weighted by molar-refractivity contribution is 7.98. The number of nitrogens with one attached hydrogen (secondary N) is 1. The summed E-state index contributed by atoms with van der Waals surface area (Å²) in [4.78, 5) is 31.4. The molecule has 0 fully saturated rings. The molecule has 186 valence electrons. The number of rotatable bonds is 9. The monoisotopic (exact) mass is 513 g/mol. The highest BCUT2D eigenvalue weighted by Crippen LogP contribution is 2.26. The van der Waals surface area contributed by atoms with Gasteiger partial charge in [0.2, 0.25) is 0 Å². The predicted molar refractivity (Wildman–Crippen MR) is 140 cm³/mol. The minimum Gasteiger partial charge on any atom is -0.497 e. The van der Waals surface area contributed by atoms with E-state index in [9.17, 15) is 14.9 Å². The second-order valence-electron chi connectivity index (χ2n) is 7.84. The summed E-state index contributed by atoms with van der Waals surface area (Å²) in [5.74, 6) is 1.53. The van der Waals surface area contributed by atoms with E-state index >= 15 is 0 Å². The van der Waals surface area contributed by atoms with Gasteiger partial charge >= 0.3 is 5.97 Å². The molecule has 1 N–H and O–H groups in total. The quantitative estimate of drug-likeness (QED) is 0.189. The SMILES string of the molecule is COC(=O)c1ccc(CSc2nc(-c3ccc(OCc4ccc(OC)cc4)cc3)c(C#N)c(=O)[nH]2)cc1. The molecule has 8 nitrogen and oxygen atoms in total. The van der Waals surface area contributed by atoms with Crippen LogP contribution in [0.2, 0.25) is 0 Å². The Kier molecular flexibility index (Phi) is 8.23. The summed E-state index contributed by atoms with van der Waals surface area (Å²) in [6, 6.07) is 23.6. The van der Waals surface area contributed by atoms with E-state index in [-0.39, 0.29) is 5.56 Å².